The van der Waals surface area contributed by atoms with Crippen LogP contribution < -0.4 is 4.90 Å². The molecule has 0 atom stereocenters. The molecule has 1 N–H and O–H groups in total. The van der Waals surface area contributed by atoms with E-state index in [9.17, 15) is 0 Å². The van der Waals surface area contributed by atoms with Gasteiger partial charge in [-0.15, -0.1) is 0 Å². The molecule has 0 aromatic heterocycles. The molecule has 0 spiro atoms. The monoisotopic (exact) mass is 207 g/mol. The number of aliphatic hydroxyl groups excluding tert-OH is 1. The van der Waals surface area contributed by atoms with E-state index in [-0.39, 0.29) is 0 Å². The molecule has 1 aromatic rings. The Kier molecular flexibility index (Phi) is 4.63. The predicted octanol–water partition coefficient (Wildman–Crippen LogP) is 2.51. The zero-order valence-electron chi connectivity index (χ0n) is 9.95. The number of rotatable bonds is 5. The van der Waals surface area contributed by atoms with Crippen molar-refractivity contribution in [1.82, 2.24) is 0 Å². The highest BCUT2D eigenvalue weighted by Gasteiger charge is 2.03. The molecule has 0 fully saturated rings. The van der Waals surface area contributed by atoms with Crippen LogP contribution in [0.5, 0.6) is 0 Å². The fourth-order valence-electron chi connectivity index (χ4n) is 1.71. The first-order valence-electron chi connectivity index (χ1n) is 5.54. The van der Waals surface area contributed by atoms with Crippen LogP contribution in [0.4, 0.5) is 5.69 Å². The number of hydrogen-bond acceptors (Lipinski definition) is 2. The lowest BCUT2D eigenvalue weighted by molar-refractivity contribution is 0.285. The minimum Gasteiger partial charge on any atom is -0.396 e. The molecule has 84 valence electrons. The van der Waals surface area contributed by atoms with E-state index < -0.39 is 0 Å². The second-order valence-electron chi connectivity index (χ2n) is 4.14. The van der Waals surface area contributed by atoms with Crippen LogP contribution in [0.25, 0.3) is 0 Å². The van der Waals surface area contributed by atoms with Gasteiger partial charge in [-0.3, -0.25) is 0 Å². The number of unbranched alkanes of at least 4 members (excludes halogenated alkanes) is 1. The van der Waals surface area contributed by atoms with E-state index in [1.165, 1.54) is 16.8 Å². The quantitative estimate of drug-likeness (QED) is 0.750. The third-order valence-electron chi connectivity index (χ3n) is 2.68. The average molecular weight is 207 g/mol. The van der Waals surface area contributed by atoms with Crippen molar-refractivity contribution in [2.24, 2.45) is 0 Å². The summed E-state index contributed by atoms with van der Waals surface area (Å²) in [6.07, 6.45) is 1.93. The minimum atomic E-state index is 0.292. The van der Waals surface area contributed by atoms with Crippen LogP contribution in [0.1, 0.15) is 24.0 Å². The van der Waals surface area contributed by atoms with E-state index in [2.05, 4.69) is 44.0 Å². The largest absolute Gasteiger partial charge is 0.396 e. The Morgan fingerprint density at radius 3 is 2.60 bits per heavy atom. The lowest BCUT2D eigenvalue weighted by Gasteiger charge is -2.21. The highest BCUT2D eigenvalue weighted by molar-refractivity contribution is 5.54. The van der Waals surface area contributed by atoms with Gasteiger partial charge in [-0.1, -0.05) is 12.1 Å². The number of nitrogens with zero attached hydrogens (tertiary/aromatic N) is 1. The van der Waals surface area contributed by atoms with Gasteiger partial charge in [0.25, 0.3) is 0 Å². The zero-order valence-corrected chi connectivity index (χ0v) is 9.95. The topological polar surface area (TPSA) is 23.5 Å². The van der Waals surface area contributed by atoms with Crippen molar-refractivity contribution in [2.75, 3.05) is 25.1 Å². The molecule has 0 radical (unpaired) electrons. The predicted molar refractivity (Wildman–Crippen MR) is 65.5 cm³/mol. The number of aliphatic hydroxyl groups is 1. The molecule has 0 unspecified atom stereocenters. The van der Waals surface area contributed by atoms with E-state index in [0.29, 0.717) is 6.61 Å². The molecule has 2 nitrogen and oxygen atoms in total. The maximum atomic E-state index is 8.73. The second-order valence-corrected chi connectivity index (χ2v) is 4.14. The highest BCUT2D eigenvalue weighted by Crippen LogP contribution is 2.20. The number of anilines is 1. The average Bonchev–Trinajstić information content (AvgIpc) is 2.22. The SMILES string of the molecule is Cc1ccc(C)c(N(C)CCCCO)c1. The van der Waals surface area contributed by atoms with Gasteiger partial charge in [0, 0.05) is 25.9 Å². The van der Waals surface area contributed by atoms with Crippen molar-refractivity contribution >= 4 is 5.69 Å². The lowest BCUT2D eigenvalue weighted by atomic mass is 10.1. The first kappa shape index (κ1) is 12.1. The normalized spacial score (nSPS) is 10.4. The van der Waals surface area contributed by atoms with E-state index >= 15 is 0 Å². The molecule has 0 aliphatic rings. The highest BCUT2D eigenvalue weighted by atomic mass is 16.2. The second kappa shape index (κ2) is 5.76. The van der Waals surface area contributed by atoms with Crippen molar-refractivity contribution in [1.29, 1.82) is 0 Å². The number of aryl methyl sites for hydroxylation is 2. The minimum absolute atomic E-state index is 0.292. The van der Waals surface area contributed by atoms with Crippen LogP contribution in [0.3, 0.4) is 0 Å². The van der Waals surface area contributed by atoms with Gasteiger partial charge in [0.15, 0.2) is 0 Å². The maximum Gasteiger partial charge on any atom is 0.0431 e. The summed E-state index contributed by atoms with van der Waals surface area (Å²) in [4.78, 5) is 2.26. The van der Waals surface area contributed by atoms with Crippen LogP contribution in [-0.4, -0.2) is 25.3 Å². The molecule has 1 rings (SSSR count). The molecular formula is C13H21NO. The van der Waals surface area contributed by atoms with Gasteiger partial charge >= 0.3 is 0 Å². The summed E-state index contributed by atoms with van der Waals surface area (Å²) in [5.74, 6) is 0. The summed E-state index contributed by atoms with van der Waals surface area (Å²) < 4.78 is 0. The molecule has 2 heteroatoms. The fourth-order valence-corrected chi connectivity index (χ4v) is 1.71. The fraction of sp³-hybridized carbons (Fsp3) is 0.538. The molecule has 0 aliphatic carbocycles. The van der Waals surface area contributed by atoms with E-state index in [4.69, 9.17) is 5.11 Å². The van der Waals surface area contributed by atoms with Crippen molar-refractivity contribution in [3.8, 4) is 0 Å². The molecule has 0 aliphatic heterocycles. The van der Waals surface area contributed by atoms with Crippen LogP contribution in [-0.2, 0) is 0 Å². The molecule has 0 saturated heterocycles. The van der Waals surface area contributed by atoms with Gasteiger partial charge in [0.1, 0.15) is 0 Å². The Morgan fingerprint density at radius 1 is 1.20 bits per heavy atom. The molecule has 0 bridgehead atoms. The Bertz CT molecular complexity index is 309. The summed E-state index contributed by atoms with van der Waals surface area (Å²) in [7, 11) is 2.11. The number of hydrogen-bond donors (Lipinski definition) is 1. The standard InChI is InChI=1S/C13H21NO/c1-11-6-7-12(2)13(10-11)14(3)8-4-5-9-15/h6-7,10,15H,4-5,8-9H2,1-3H3. The number of benzene rings is 1. The molecule has 15 heavy (non-hydrogen) atoms. The third kappa shape index (κ3) is 3.56. The van der Waals surface area contributed by atoms with Crippen molar-refractivity contribution < 1.29 is 5.11 Å². The van der Waals surface area contributed by atoms with E-state index in [0.717, 1.165) is 19.4 Å². The van der Waals surface area contributed by atoms with Gasteiger partial charge in [0.2, 0.25) is 0 Å². The zero-order chi connectivity index (χ0) is 11.3. The Morgan fingerprint density at radius 2 is 1.93 bits per heavy atom. The van der Waals surface area contributed by atoms with Crippen LogP contribution in [0.2, 0.25) is 0 Å². The van der Waals surface area contributed by atoms with Crippen LogP contribution in [0.15, 0.2) is 18.2 Å². The Balaban J connectivity index is 2.64. The van der Waals surface area contributed by atoms with Gasteiger partial charge in [-0.2, -0.15) is 0 Å². The van der Waals surface area contributed by atoms with Crippen LogP contribution in [0, 0.1) is 13.8 Å². The van der Waals surface area contributed by atoms with Crippen LogP contribution >= 0.6 is 0 Å². The smallest absolute Gasteiger partial charge is 0.0431 e. The Hall–Kier alpha value is -1.02. The lowest BCUT2D eigenvalue weighted by Crippen LogP contribution is -2.19. The van der Waals surface area contributed by atoms with E-state index in [1.807, 2.05) is 0 Å². The molecule has 0 heterocycles. The van der Waals surface area contributed by atoms with Gasteiger partial charge in [-0.25, -0.2) is 0 Å². The Labute approximate surface area is 92.5 Å². The van der Waals surface area contributed by atoms with Crippen molar-refractivity contribution in [3.63, 3.8) is 0 Å². The first-order valence-corrected chi connectivity index (χ1v) is 5.54. The van der Waals surface area contributed by atoms with Crippen molar-refractivity contribution in [3.05, 3.63) is 29.3 Å². The summed E-state index contributed by atoms with van der Waals surface area (Å²) in [5, 5.41) is 8.73. The van der Waals surface area contributed by atoms with Gasteiger partial charge in [0.05, 0.1) is 0 Å². The third-order valence-corrected chi connectivity index (χ3v) is 2.68. The summed E-state index contributed by atoms with van der Waals surface area (Å²) in [6, 6.07) is 6.52. The van der Waals surface area contributed by atoms with E-state index in [1.54, 1.807) is 0 Å². The van der Waals surface area contributed by atoms with Crippen molar-refractivity contribution in [2.45, 2.75) is 26.7 Å². The summed E-state index contributed by atoms with van der Waals surface area (Å²) >= 11 is 0. The summed E-state index contributed by atoms with van der Waals surface area (Å²) in [6.45, 7) is 5.55. The molecule has 0 amide bonds. The summed E-state index contributed by atoms with van der Waals surface area (Å²) in [5.41, 5.74) is 3.91. The van der Waals surface area contributed by atoms with Gasteiger partial charge in [-0.05, 0) is 43.9 Å². The molecule has 0 saturated carbocycles. The first-order chi connectivity index (χ1) is 7.15. The molecule has 1 aromatic carbocycles. The maximum absolute atomic E-state index is 8.73. The molecular weight excluding hydrogens is 186 g/mol. The van der Waals surface area contributed by atoms with Gasteiger partial charge < -0.3 is 10.0 Å².